The number of hydrogen-bond acceptors (Lipinski definition) is 3. The highest BCUT2D eigenvalue weighted by Gasteiger charge is 2.19. The van der Waals surface area contributed by atoms with Gasteiger partial charge in [0.25, 0.3) is 5.91 Å². The minimum atomic E-state index is 0.0382. The van der Waals surface area contributed by atoms with Crippen LogP contribution in [0.2, 0.25) is 0 Å². The van der Waals surface area contributed by atoms with Crippen molar-refractivity contribution in [3.8, 4) is 0 Å². The van der Waals surface area contributed by atoms with Crippen LogP contribution >= 0.6 is 0 Å². The molecule has 0 radical (unpaired) electrons. The number of aromatic nitrogens is 1. The largest absolute Gasteiger partial charge is 0.354 e. The normalized spacial score (nSPS) is 15.4. The van der Waals surface area contributed by atoms with Crippen LogP contribution in [0.4, 0.5) is 11.4 Å². The van der Waals surface area contributed by atoms with Crippen LogP contribution in [-0.2, 0) is 5.41 Å². The van der Waals surface area contributed by atoms with E-state index in [1.807, 2.05) is 17.0 Å². The quantitative estimate of drug-likeness (QED) is 0.833. The molecule has 0 spiro atoms. The van der Waals surface area contributed by atoms with E-state index in [-0.39, 0.29) is 11.3 Å². The summed E-state index contributed by atoms with van der Waals surface area (Å²) in [6.45, 7) is 8.30. The zero-order chi connectivity index (χ0) is 18.6. The van der Waals surface area contributed by atoms with Crippen molar-refractivity contribution in [2.75, 3.05) is 18.4 Å². The standard InChI is InChI=1S/C22H29N3O/c1-22(2,3)19-10-6-7-11-20(19)24-18-14-17(15-23-16-18)21(26)25-12-8-4-5-9-13-25/h6-7,10-11,14-16,24H,4-5,8-9,12-13H2,1-3H3. The Labute approximate surface area is 156 Å². The molecule has 26 heavy (non-hydrogen) atoms. The number of nitrogens with one attached hydrogen (secondary N) is 1. The van der Waals surface area contributed by atoms with E-state index in [1.165, 1.54) is 18.4 Å². The van der Waals surface area contributed by atoms with Crippen LogP contribution in [0.25, 0.3) is 0 Å². The number of carbonyl (C=O) groups excluding carboxylic acids is 1. The highest BCUT2D eigenvalue weighted by Crippen LogP contribution is 2.31. The van der Waals surface area contributed by atoms with Gasteiger partial charge in [0.05, 0.1) is 17.4 Å². The van der Waals surface area contributed by atoms with Gasteiger partial charge in [-0.15, -0.1) is 0 Å². The number of amides is 1. The summed E-state index contributed by atoms with van der Waals surface area (Å²) in [5.74, 6) is 0.0900. The van der Waals surface area contributed by atoms with Crippen LogP contribution in [0.1, 0.15) is 62.4 Å². The SMILES string of the molecule is CC(C)(C)c1ccccc1Nc1cncc(C(=O)N2CCCCCC2)c1. The van der Waals surface area contributed by atoms with Crippen LogP contribution in [0.5, 0.6) is 0 Å². The van der Waals surface area contributed by atoms with Gasteiger partial charge in [-0.25, -0.2) is 0 Å². The van der Waals surface area contributed by atoms with Gasteiger partial charge in [0.1, 0.15) is 0 Å². The first-order chi connectivity index (χ1) is 12.4. The van der Waals surface area contributed by atoms with Crippen LogP contribution < -0.4 is 5.32 Å². The fourth-order valence-electron chi connectivity index (χ4n) is 3.48. The predicted molar refractivity (Wildman–Crippen MR) is 107 cm³/mol. The molecule has 1 aliphatic rings. The van der Waals surface area contributed by atoms with Gasteiger partial charge in [0, 0.05) is 25.0 Å². The lowest BCUT2D eigenvalue weighted by Crippen LogP contribution is -2.31. The van der Waals surface area contributed by atoms with Gasteiger partial charge in [0.2, 0.25) is 0 Å². The van der Waals surface area contributed by atoms with Gasteiger partial charge in [-0.1, -0.05) is 51.8 Å². The van der Waals surface area contributed by atoms with Crippen molar-refractivity contribution < 1.29 is 4.79 Å². The van der Waals surface area contributed by atoms with Gasteiger partial charge in [-0.2, -0.15) is 0 Å². The Morgan fingerprint density at radius 2 is 1.73 bits per heavy atom. The maximum atomic E-state index is 12.8. The lowest BCUT2D eigenvalue weighted by Gasteiger charge is -2.24. The molecule has 1 fully saturated rings. The summed E-state index contributed by atoms with van der Waals surface area (Å²) in [5, 5.41) is 3.46. The molecule has 0 aliphatic carbocycles. The van der Waals surface area contributed by atoms with Crippen molar-refractivity contribution in [1.29, 1.82) is 0 Å². The predicted octanol–water partition coefficient (Wildman–Crippen LogP) is 5.14. The van der Waals surface area contributed by atoms with Gasteiger partial charge < -0.3 is 10.2 Å². The summed E-state index contributed by atoms with van der Waals surface area (Å²) >= 11 is 0. The molecule has 4 nitrogen and oxygen atoms in total. The molecule has 1 aliphatic heterocycles. The summed E-state index contributed by atoms with van der Waals surface area (Å²) in [5.41, 5.74) is 3.84. The fraction of sp³-hybridized carbons (Fsp3) is 0.455. The second-order valence-corrected chi connectivity index (χ2v) is 8.09. The van der Waals surface area contributed by atoms with Crippen molar-refractivity contribution in [2.24, 2.45) is 0 Å². The van der Waals surface area contributed by atoms with E-state index in [1.54, 1.807) is 12.4 Å². The molecule has 1 amide bonds. The average Bonchev–Trinajstić information content (AvgIpc) is 2.90. The Kier molecular flexibility index (Phi) is 5.60. The maximum Gasteiger partial charge on any atom is 0.255 e. The second kappa shape index (κ2) is 7.90. The smallest absolute Gasteiger partial charge is 0.255 e. The zero-order valence-corrected chi connectivity index (χ0v) is 16.1. The van der Waals surface area contributed by atoms with E-state index in [2.05, 4.69) is 49.3 Å². The molecular weight excluding hydrogens is 322 g/mol. The zero-order valence-electron chi connectivity index (χ0n) is 16.1. The van der Waals surface area contributed by atoms with Crippen LogP contribution in [0, 0.1) is 0 Å². The number of para-hydroxylation sites is 1. The molecule has 1 N–H and O–H groups in total. The molecule has 0 unspecified atom stereocenters. The molecule has 0 atom stereocenters. The topological polar surface area (TPSA) is 45.2 Å². The third kappa shape index (κ3) is 4.43. The molecule has 1 saturated heterocycles. The Morgan fingerprint density at radius 3 is 2.42 bits per heavy atom. The minimum absolute atomic E-state index is 0.0382. The molecule has 0 bridgehead atoms. The second-order valence-electron chi connectivity index (χ2n) is 8.09. The molecule has 2 aromatic rings. The summed E-state index contributed by atoms with van der Waals surface area (Å²) < 4.78 is 0. The molecule has 138 valence electrons. The first kappa shape index (κ1) is 18.4. The number of likely N-dealkylation sites (tertiary alicyclic amines) is 1. The Bertz CT molecular complexity index is 756. The maximum absolute atomic E-state index is 12.8. The Balaban J connectivity index is 1.81. The first-order valence-corrected chi connectivity index (χ1v) is 9.56. The highest BCUT2D eigenvalue weighted by atomic mass is 16.2. The molecular formula is C22H29N3O. The number of benzene rings is 1. The molecule has 2 heterocycles. The lowest BCUT2D eigenvalue weighted by atomic mass is 9.86. The summed E-state index contributed by atoms with van der Waals surface area (Å²) in [4.78, 5) is 19.1. The van der Waals surface area contributed by atoms with E-state index >= 15 is 0 Å². The van der Waals surface area contributed by atoms with E-state index in [0.717, 1.165) is 37.3 Å². The highest BCUT2D eigenvalue weighted by molar-refractivity contribution is 5.95. The van der Waals surface area contributed by atoms with Crippen molar-refractivity contribution in [3.05, 3.63) is 53.9 Å². The number of hydrogen-bond donors (Lipinski definition) is 1. The van der Waals surface area contributed by atoms with Crippen molar-refractivity contribution >= 4 is 17.3 Å². The van der Waals surface area contributed by atoms with Crippen molar-refractivity contribution in [1.82, 2.24) is 9.88 Å². The van der Waals surface area contributed by atoms with E-state index in [0.29, 0.717) is 5.56 Å². The van der Waals surface area contributed by atoms with Gasteiger partial charge >= 0.3 is 0 Å². The number of pyridine rings is 1. The lowest BCUT2D eigenvalue weighted by molar-refractivity contribution is 0.0761. The first-order valence-electron chi connectivity index (χ1n) is 9.56. The molecule has 1 aromatic heterocycles. The summed E-state index contributed by atoms with van der Waals surface area (Å²) in [7, 11) is 0. The third-order valence-electron chi connectivity index (χ3n) is 4.89. The van der Waals surface area contributed by atoms with Crippen LogP contribution in [0.3, 0.4) is 0 Å². The van der Waals surface area contributed by atoms with Gasteiger partial charge in [0.15, 0.2) is 0 Å². The van der Waals surface area contributed by atoms with E-state index < -0.39 is 0 Å². The fourth-order valence-corrected chi connectivity index (χ4v) is 3.48. The Hall–Kier alpha value is -2.36. The van der Waals surface area contributed by atoms with Crippen molar-refractivity contribution in [2.45, 2.75) is 51.9 Å². The molecule has 3 rings (SSSR count). The number of anilines is 2. The van der Waals surface area contributed by atoms with Gasteiger partial charge in [-0.3, -0.25) is 9.78 Å². The van der Waals surface area contributed by atoms with Crippen molar-refractivity contribution in [3.63, 3.8) is 0 Å². The average molecular weight is 351 g/mol. The van der Waals surface area contributed by atoms with Crippen LogP contribution in [0.15, 0.2) is 42.7 Å². The Morgan fingerprint density at radius 1 is 1.04 bits per heavy atom. The van der Waals surface area contributed by atoms with Crippen LogP contribution in [-0.4, -0.2) is 28.9 Å². The number of nitrogens with zero attached hydrogens (tertiary/aromatic N) is 2. The monoisotopic (exact) mass is 351 g/mol. The minimum Gasteiger partial charge on any atom is -0.354 e. The van der Waals surface area contributed by atoms with E-state index in [4.69, 9.17) is 0 Å². The molecule has 4 heteroatoms. The molecule has 0 saturated carbocycles. The summed E-state index contributed by atoms with van der Waals surface area (Å²) in [6.07, 6.45) is 8.07. The summed E-state index contributed by atoms with van der Waals surface area (Å²) in [6, 6.07) is 10.2. The third-order valence-corrected chi connectivity index (χ3v) is 4.89. The number of rotatable bonds is 3. The number of carbonyl (C=O) groups is 1. The molecule has 1 aromatic carbocycles. The van der Waals surface area contributed by atoms with Gasteiger partial charge in [-0.05, 0) is 36.0 Å². The van der Waals surface area contributed by atoms with E-state index in [9.17, 15) is 4.79 Å².